The van der Waals surface area contributed by atoms with Crippen molar-refractivity contribution in [1.29, 1.82) is 0 Å². The van der Waals surface area contributed by atoms with Gasteiger partial charge in [0, 0.05) is 50.6 Å². The minimum absolute atomic E-state index is 0.0272. The molecule has 0 bridgehead atoms. The topological polar surface area (TPSA) is 60.9 Å². The fraction of sp³-hybridized carbons (Fsp3) is 0.531. The Morgan fingerprint density at radius 1 is 0.935 bits per heavy atom. The monoisotopic (exact) mass is 691 g/mol. The van der Waals surface area contributed by atoms with Gasteiger partial charge in [-0.05, 0) is 60.6 Å². The van der Waals surface area contributed by atoms with Crippen LogP contribution in [0.25, 0.3) is 0 Å². The highest BCUT2D eigenvalue weighted by atomic mass is 35.5. The lowest BCUT2D eigenvalue weighted by Crippen LogP contribution is -2.53. The molecule has 5 rings (SSSR count). The molecule has 6 nitrogen and oxygen atoms in total. The lowest BCUT2D eigenvalue weighted by Gasteiger charge is -2.43. The van der Waals surface area contributed by atoms with Crippen LogP contribution >= 0.6 is 23.2 Å². The molecular weight excluding hydrogens is 659 g/mol. The van der Waals surface area contributed by atoms with Gasteiger partial charge in [-0.2, -0.15) is 26.3 Å². The number of nitrogens with zero attached hydrogens (tertiary/aromatic N) is 3. The van der Waals surface area contributed by atoms with Crippen molar-refractivity contribution in [2.45, 2.75) is 69.3 Å². The third-order valence-electron chi connectivity index (χ3n) is 9.60. The smallest absolute Gasteiger partial charge is 0.340 e. The molecule has 0 aromatic heterocycles. The maximum absolute atomic E-state index is 13.6. The molecule has 1 aliphatic carbocycles. The zero-order valence-electron chi connectivity index (χ0n) is 25.0. The van der Waals surface area contributed by atoms with Crippen molar-refractivity contribution in [3.8, 4) is 0 Å². The number of carbonyl (C=O) groups excluding carboxylic acids is 3. The molecule has 14 heteroatoms. The molecule has 2 atom stereocenters. The van der Waals surface area contributed by atoms with Crippen LogP contribution in [0.15, 0.2) is 36.4 Å². The van der Waals surface area contributed by atoms with Crippen molar-refractivity contribution in [3.05, 3.63) is 68.7 Å². The summed E-state index contributed by atoms with van der Waals surface area (Å²) in [5, 5.41) is 0.450. The van der Waals surface area contributed by atoms with Crippen LogP contribution in [0.2, 0.25) is 10.0 Å². The van der Waals surface area contributed by atoms with Crippen molar-refractivity contribution < 1.29 is 40.7 Å². The Morgan fingerprint density at radius 2 is 1.57 bits per heavy atom. The quantitative estimate of drug-likeness (QED) is 0.303. The fourth-order valence-electron chi connectivity index (χ4n) is 7.16. The molecule has 2 saturated heterocycles. The number of amides is 3. The first-order chi connectivity index (χ1) is 21.5. The summed E-state index contributed by atoms with van der Waals surface area (Å²) < 4.78 is 81.1. The van der Waals surface area contributed by atoms with Gasteiger partial charge in [-0.15, -0.1) is 0 Å². The number of hydrogen-bond acceptors (Lipinski definition) is 3. The van der Waals surface area contributed by atoms with E-state index < -0.39 is 46.9 Å². The average molecular weight is 693 g/mol. The van der Waals surface area contributed by atoms with Gasteiger partial charge in [0.2, 0.25) is 11.8 Å². The molecule has 3 amide bonds. The average Bonchev–Trinajstić information content (AvgIpc) is 3.29. The van der Waals surface area contributed by atoms with E-state index in [2.05, 4.69) is 0 Å². The van der Waals surface area contributed by atoms with Crippen molar-refractivity contribution in [1.82, 2.24) is 14.7 Å². The molecule has 2 aromatic rings. The summed E-state index contributed by atoms with van der Waals surface area (Å²) in [6, 6.07) is 4.82. The normalized spacial score (nSPS) is 22.0. The second-order valence-corrected chi connectivity index (χ2v) is 13.5. The van der Waals surface area contributed by atoms with Gasteiger partial charge < -0.3 is 14.7 Å². The van der Waals surface area contributed by atoms with Crippen LogP contribution in [-0.2, 0) is 21.9 Å². The Balaban J connectivity index is 1.39. The molecule has 46 heavy (non-hydrogen) atoms. The summed E-state index contributed by atoms with van der Waals surface area (Å²) in [6.07, 6.45) is -4.50. The maximum atomic E-state index is 13.6. The van der Waals surface area contributed by atoms with E-state index in [1.807, 2.05) is 0 Å². The number of carbonyl (C=O) groups is 3. The highest BCUT2D eigenvalue weighted by Gasteiger charge is 2.45. The van der Waals surface area contributed by atoms with Crippen LogP contribution in [0, 0.1) is 5.41 Å². The summed E-state index contributed by atoms with van der Waals surface area (Å²) in [6.45, 7) is 0.655. The van der Waals surface area contributed by atoms with Gasteiger partial charge in [0.05, 0.1) is 27.7 Å². The highest BCUT2D eigenvalue weighted by molar-refractivity contribution is 6.42. The van der Waals surface area contributed by atoms with Gasteiger partial charge in [0.1, 0.15) is 0 Å². The van der Waals surface area contributed by atoms with Crippen LogP contribution in [0.4, 0.5) is 26.3 Å². The predicted molar refractivity (Wildman–Crippen MR) is 159 cm³/mol. The van der Waals surface area contributed by atoms with Crippen molar-refractivity contribution in [2.75, 3.05) is 33.2 Å². The van der Waals surface area contributed by atoms with Crippen LogP contribution in [-0.4, -0.2) is 71.7 Å². The van der Waals surface area contributed by atoms with Crippen LogP contribution in [0.1, 0.15) is 77.9 Å². The second-order valence-electron chi connectivity index (χ2n) is 12.7. The number of likely N-dealkylation sites (tertiary alicyclic amines) is 2. The minimum atomic E-state index is -5.11. The van der Waals surface area contributed by atoms with E-state index in [1.165, 1.54) is 13.1 Å². The molecule has 3 aliphatic rings. The van der Waals surface area contributed by atoms with Gasteiger partial charge in [-0.3, -0.25) is 14.4 Å². The standard InChI is InChI=1S/C32H33Cl2F6N3O3/c1-41(29(46)20-11-21(31(35,36)37)14-22(12-20)32(38,39)40)26-7-10-42(16-23(26)19-5-6-24(33)25(34)13-19)28(45)17-43-18-30(15-27(43)44)8-3-2-4-9-30/h5-6,11-14,23,26H,2-4,7-10,15-18H2,1H3/t23-,26+/m0/s1. The van der Waals surface area contributed by atoms with Crippen LogP contribution in [0.3, 0.4) is 0 Å². The number of hydrogen-bond donors (Lipinski definition) is 0. The maximum Gasteiger partial charge on any atom is 0.416 e. The fourth-order valence-corrected chi connectivity index (χ4v) is 7.47. The first kappa shape index (κ1) is 34.3. The SMILES string of the molecule is CN(C(=O)c1cc(C(F)(F)F)cc(C(F)(F)F)c1)[C@@H]1CCN(C(=O)CN2CC3(CCCCC3)CC2=O)C[C@H]1c1ccc(Cl)c(Cl)c1. The van der Waals surface area contributed by atoms with Gasteiger partial charge in [0.25, 0.3) is 5.91 Å². The Kier molecular flexibility index (Phi) is 9.63. The molecule has 1 spiro atoms. The minimum Gasteiger partial charge on any atom is -0.340 e. The first-order valence-electron chi connectivity index (χ1n) is 15.0. The van der Waals surface area contributed by atoms with E-state index >= 15 is 0 Å². The summed E-state index contributed by atoms with van der Waals surface area (Å²) in [5.41, 5.74) is -3.46. The molecule has 0 N–H and O–H groups in total. The number of likely N-dealkylation sites (N-methyl/N-ethyl adjacent to an activating group) is 1. The summed E-state index contributed by atoms with van der Waals surface area (Å²) >= 11 is 12.4. The Hall–Kier alpha value is -2.99. The summed E-state index contributed by atoms with van der Waals surface area (Å²) in [4.78, 5) is 44.3. The van der Waals surface area contributed by atoms with E-state index in [0.29, 0.717) is 30.7 Å². The van der Waals surface area contributed by atoms with Crippen LogP contribution < -0.4 is 0 Å². The largest absolute Gasteiger partial charge is 0.416 e. The molecule has 1 saturated carbocycles. The number of rotatable bonds is 5. The van der Waals surface area contributed by atoms with Crippen molar-refractivity contribution in [3.63, 3.8) is 0 Å². The third-order valence-corrected chi connectivity index (χ3v) is 10.3. The molecule has 3 fully saturated rings. The van der Waals surface area contributed by atoms with Crippen LogP contribution in [0.5, 0.6) is 0 Å². The number of benzene rings is 2. The first-order valence-corrected chi connectivity index (χ1v) is 15.8. The lowest BCUT2D eigenvalue weighted by atomic mass is 9.73. The van der Waals surface area contributed by atoms with Gasteiger partial charge in [0.15, 0.2) is 0 Å². The van der Waals surface area contributed by atoms with E-state index in [1.54, 1.807) is 21.9 Å². The second kappa shape index (κ2) is 12.9. The molecule has 250 valence electrons. The number of halogens is 8. The molecule has 2 heterocycles. The molecule has 0 radical (unpaired) electrons. The zero-order valence-corrected chi connectivity index (χ0v) is 26.5. The number of piperidine rings is 1. The highest BCUT2D eigenvalue weighted by Crippen LogP contribution is 2.44. The van der Waals surface area contributed by atoms with Gasteiger partial charge >= 0.3 is 12.4 Å². The Labute approximate surface area is 272 Å². The van der Waals surface area contributed by atoms with Crippen molar-refractivity contribution in [2.24, 2.45) is 5.41 Å². The van der Waals surface area contributed by atoms with E-state index in [0.717, 1.165) is 37.0 Å². The Morgan fingerprint density at radius 3 is 2.15 bits per heavy atom. The van der Waals surface area contributed by atoms with Gasteiger partial charge in [-0.25, -0.2) is 0 Å². The Bertz CT molecular complexity index is 1480. The molecular formula is C32H33Cl2F6N3O3. The summed E-state index contributed by atoms with van der Waals surface area (Å²) in [7, 11) is 1.31. The molecule has 0 unspecified atom stereocenters. The number of alkyl halides is 6. The lowest BCUT2D eigenvalue weighted by molar-refractivity contribution is -0.143. The molecule has 2 aromatic carbocycles. The molecule has 2 aliphatic heterocycles. The summed E-state index contributed by atoms with van der Waals surface area (Å²) in [5.74, 6) is -2.00. The zero-order chi connectivity index (χ0) is 33.6. The van der Waals surface area contributed by atoms with E-state index in [9.17, 15) is 40.7 Å². The van der Waals surface area contributed by atoms with E-state index in [4.69, 9.17) is 23.2 Å². The van der Waals surface area contributed by atoms with E-state index in [-0.39, 0.29) is 59.4 Å². The third kappa shape index (κ3) is 7.27. The predicted octanol–water partition coefficient (Wildman–Crippen LogP) is 7.67. The van der Waals surface area contributed by atoms with Crippen molar-refractivity contribution >= 4 is 40.9 Å². The van der Waals surface area contributed by atoms with Gasteiger partial charge in [-0.1, -0.05) is 48.5 Å².